The Kier molecular flexibility index (Phi) is 21.8. The Bertz CT molecular complexity index is 1310. The molecule has 18 nitrogen and oxygen atoms in total. The standard InChI is InChI=1S/3C8H15N3O3S.Au.ClH/c3*9-7-3-1-4-8(10)11(7)5-2-6-15(12,13)14;;/h3*1,3-4,7H,2,5-6,9-10H2,(H,12,13,14);;1H. The maximum absolute atomic E-state index is 10.5. The van der Waals surface area contributed by atoms with Gasteiger partial charge in [0.25, 0.3) is 30.4 Å². The van der Waals surface area contributed by atoms with Crippen LogP contribution in [0.4, 0.5) is 0 Å². The molecule has 0 amide bonds. The number of allylic oxidation sites excluding steroid dienone is 6. The second kappa shape index (κ2) is 21.8. The maximum atomic E-state index is 10.5. The van der Waals surface area contributed by atoms with Gasteiger partial charge in [-0.05, 0) is 55.7 Å². The SMILES string of the molecule is Cl.NC1=CC=CC(N)N1CCCS(=O)(=O)O.NC1=CC=CC(N)N1CCCS(=O)(=O)O.NC1=CC=CC(N)N1CCCS(=O)(=O)O.[Au]. The van der Waals surface area contributed by atoms with Crippen molar-refractivity contribution in [2.45, 2.75) is 37.8 Å². The van der Waals surface area contributed by atoms with E-state index in [2.05, 4.69) is 0 Å². The van der Waals surface area contributed by atoms with E-state index in [9.17, 15) is 25.3 Å². The van der Waals surface area contributed by atoms with Crippen LogP contribution in [-0.2, 0) is 52.7 Å². The third kappa shape index (κ3) is 20.8. The molecule has 0 aromatic rings. The van der Waals surface area contributed by atoms with Gasteiger partial charge in [0.15, 0.2) is 0 Å². The molecule has 0 fully saturated rings. The molecule has 23 heteroatoms. The second-order valence-electron chi connectivity index (χ2n) is 9.90. The molecule has 0 aromatic heterocycles. The van der Waals surface area contributed by atoms with Gasteiger partial charge < -0.3 is 49.1 Å². The molecule has 0 bridgehead atoms. The van der Waals surface area contributed by atoms with Gasteiger partial charge in [-0.15, -0.1) is 12.4 Å². The number of nitrogens with two attached hydrogens (primary N) is 6. The summed E-state index contributed by atoms with van der Waals surface area (Å²) in [6.07, 6.45) is 15.4. The third-order valence-corrected chi connectivity index (χ3v) is 8.62. The van der Waals surface area contributed by atoms with Crippen LogP contribution >= 0.6 is 12.4 Å². The monoisotopic (exact) mass is 932 g/mol. The smallest absolute Gasteiger partial charge is 0.264 e. The number of nitrogens with zero attached hydrogens (tertiary/aromatic N) is 3. The molecule has 3 unspecified atom stereocenters. The average molecular weight is 933 g/mol. The average Bonchev–Trinajstić information content (AvgIpc) is 2.88. The van der Waals surface area contributed by atoms with Crippen molar-refractivity contribution < 1.29 is 61.3 Å². The molecule has 0 spiro atoms. The van der Waals surface area contributed by atoms with Crippen molar-refractivity contribution in [1.82, 2.24) is 14.7 Å². The summed E-state index contributed by atoms with van der Waals surface area (Å²) in [6.45, 7) is 1.19. The van der Waals surface area contributed by atoms with Crippen LogP contribution in [0.15, 0.2) is 72.1 Å². The normalized spacial score (nSPS) is 20.7. The molecule has 47 heavy (non-hydrogen) atoms. The second-order valence-corrected chi connectivity index (χ2v) is 14.6. The van der Waals surface area contributed by atoms with Gasteiger partial charge in [-0.2, -0.15) is 25.3 Å². The molecule has 3 aliphatic rings. The zero-order valence-electron chi connectivity index (χ0n) is 25.3. The van der Waals surface area contributed by atoms with E-state index in [0.717, 1.165) is 0 Å². The van der Waals surface area contributed by atoms with Crippen LogP contribution in [0.1, 0.15) is 19.3 Å². The molecule has 0 saturated heterocycles. The number of rotatable bonds is 12. The van der Waals surface area contributed by atoms with Crippen LogP contribution in [0.5, 0.6) is 0 Å². The first-order valence-corrected chi connectivity index (χ1v) is 18.4. The van der Waals surface area contributed by atoms with Crippen molar-refractivity contribution in [3.05, 3.63) is 72.1 Å². The number of hydrogen-bond donors (Lipinski definition) is 9. The fourth-order valence-corrected chi connectivity index (χ4v) is 5.49. The summed E-state index contributed by atoms with van der Waals surface area (Å²) in [5, 5.41) is 0. The molecular weight excluding hydrogens is 887 g/mol. The fourth-order valence-electron chi connectivity index (χ4n) is 4.01. The molecule has 15 N–H and O–H groups in total. The summed E-state index contributed by atoms with van der Waals surface area (Å²) in [5.41, 5.74) is 34.2. The van der Waals surface area contributed by atoms with Gasteiger partial charge in [-0.3, -0.25) is 13.7 Å². The molecule has 3 atom stereocenters. The van der Waals surface area contributed by atoms with E-state index in [1.165, 1.54) is 0 Å². The molecule has 0 saturated carbocycles. The van der Waals surface area contributed by atoms with Crippen LogP contribution in [0.25, 0.3) is 0 Å². The van der Waals surface area contributed by atoms with Gasteiger partial charge in [-0.1, -0.05) is 18.2 Å². The predicted octanol–water partition coefficient (Wildman–Crippen LogP) is -1.92. The largest absolute Gasteiger partial charge is 0.385 e. The molecule has 0 aromatic carbocycles. The van der Waals surface area contributed by atoms with Gasteiger partial charge in [0, 0.05) is 42.0 Å². The summed E-state index contributed by atoms with van der Waals surface area (Å²) in [6, 6.07) is 0. The Labute approximate surface area is 298 Å². The van der Waals surface area contributed by atoms with E-state index in [0.29, 0.717) is 37.1 Å². The first-order chi connectivity index (χ1) is 20.7. The Balaban J connectivity index is 0. The Hall–Kier alpha value is -2.12. The minimum atomic E-state index is -3.91. The molecule has 1 radical (unpaired) electrons. The summed E-state index contributed by atoms with van der Waals surface area (Å²) >= 11 is 0. The first kappa shape index (κ1) is 47.0. The van der Waals surface area contributed by atoms with Crippen molar-refractivity contribution in [3.63, 3.8) is 0 Å². The van der Waals surface area contributed by atoms with Crippen molar-refractivity contribution >= 4 is 42.8 Å². The van der Waals surface area contributed by atoms with E-state index in [-0.39, 0.29) is 89.8 Å². The topological polar surface area (TPSA) is 329 Å². The van der Waals surface area contributed by atoms with Crippen LogP contribution in [0.3, 0.4) is 0 Å². The van der Waals surface area contributed by atoms with E-state index >= 15 is 0 Å². The Morgan fingerprint density at radius 1 is 0.532 bits per heavy atom. The molecule has 277 valence electrons. The van der Waals surface area contributed by atoms with Gasteiger partial charge >= 0.3 is 0 Å². The van der Waals surface area contributed by atoms with E-state index < -0.39 is 30.4 Å². The number of halogens is 1. The summed E-state index contributed by atoms with van der Waals surface area (Å²) < 4.78 is 88.5. The van der Waals surface area contributed by atoms with E-state index in [1.54, 1.807) is 69.4 Å². The van der Waals surface area contributed by atoms with Gasteiger partial charge in [0.1, 0.15) is 17.5 Å². The minimum Gasteiger partial charge on any atom is -0.385 e. The summed E-state index contributed by atoms with van der Waals surface area (Å²) in [7, 11) is -11.7. The molecule has 3 rings (SSSR count). The van der Waals surface area contributed by atoms with Crippen LogP contribution < -0.4 is 34.4 Å². The maximum Gasteiger partial charge on any atom is 0.264 e. The van der Waals surface area contributed by atoms with Crippen LogP contribution in [0, 0.1) is 0 Å². The Morgan fingerprint density at radius 3 is 0.915 bits per heavy atom. The zero-order chi connectivity index (χ0) is 34.4. The minimum absolute atomic E-state index is 0. The van der Waals surface area contributed by atoms with Gasteiger partial charge in [-0.25, -0.2) is 0 Å². The van der Waals surface area contributed by atoms with Crippen molar-refractivity contribution in [1.29, 1.82) is 0 Å². The first-order valence-electron chi connectivity index (χ1n) is 13.5. The summed E-state index contributed by atoms with van der Waals surface area (Å²) in [5.74, 6) is 0.647. The van der Waals surface area contributed by atoms with Crippen molar-refractivity contribution in [2.24, 2.45) is 34.4 Å². The molecule has 3 aliphatic heterocycles. The quantitative estimate of drug-likeness (QED) is 0.0761. The molecule has 3 heterocycles. The molecule has 0 aliphatic carbocycles. The third-order valence-electron chi connectivity index (χ3n) is 6.20. The van der Waals surface area contributed by atoms with Crippen molar-refractivity contribution in [2.75, 3.05) is 36.9 Å². The van der Waals surface area contributed by atoms with E-state index in [4.69, 9.17) is 48.1 Å². The summed E-state index contributed by atoms with van der Waals surface area (Å²) in [4.78, 5) is 5.02. The van der Waals surface area contributed by atoms with Gasteiger partial charge in [0.2, 0.25) is 0 Å². The Morgan fingerprint density at radius 2 is 0.745 bits per heavy atom. The van der Waals surface area contributed by atoms with Crippen LogP contribution in [0.2, 0.25) is 0 Å². The zero-order valence-corrected chi connectivity index (χ0v) is 30.8. The van der Waals surface area contributed by atoms with E-state index in [1.807, 2.05) is 0 Å². The van der Waals surface area contributed by atoms with Gasteiger partial charge in [0.05, 0.1) is 35.8 Å². The van der Waals surface area contributed by atoms with Crippen LogP contribution in [-0.4, -0.2) is 109 Å². The van der Waals surface area contributed by atoms with Crippen molar-refractivity contribution in [3.8, 4) is 0 Å². The predicted molar refractivity (Wildman–Crippen MR) is 179 cm³/mol. The number of hydrogen-bond acceptors (Lipinski definition) is 15. The fraction of sp³-hybridized carbons (Fsp3) is 0.500. The molecular formula is C24H46AuClN9O9S3.